The number of benzene rings is 1. The molecular weight excluding hydrogens is 342 g/mol. The number of fused-ring (bicyclic) bond motifs is 2. The highest BCUT2D eigenvalue weighted by Crippen LogP contribution is 2.40. The van der Waals surface area contributed by atoms with Crippen molar-refractivity contribution < 1.29 is 9.53 Å². The lowest BCUT2D eigenvalue weighted by Gasteiger charge is -2.22. The van der Waals surface area contributed by atoms with E-state index < -0.39 is 0 Å². The van der Waals surface area contributed by atoms with Gasteiger partial charge >= 0.3 is 0 Å². The third kappa shape index (κ3) is 2.83. The number of nitrogens with one attached hydrogen (secondary N) is 1. The summed E-state index contributed by atoms with van der Waals surface area (Å²) in [5, 5.41) is 3.19. The Hall–Kier alpha value is -3.61. The molecule has 0 saturated carbocycles. The molecular formula is C20H19N5O2. The van der Waals surface area contributed by atoms with Gasteiger partial charge < -0.3 is 19.9 Å². The van der Waals surface area contributed by atoms with E-state index >= 15 is 0 Å². The molecule has 7 nitrogen and oxygen atoms in total. The molecule has 136 valence electrons. The zero-order valence-electron chi connectivity index (χ0n) is 15.3. The minimum Gasteiger partial charge on any atom is -0.493 e. The van der Waals surface area contributed by atoms with Crippen molar-refractivity contribution in [2.75, 3.05) is 36.3 Å². The Morgan fingerprint density at radius 1 is 0.963 bits per heavy atom. The molecule has 1 amide bonds. The number of para-hydroxylation sites is 1. The van der Waals surface area contributed by atoms with Crippen LogP contribution in [0.1, 0.15) is 10.4 Å². The summed E-state index contributed by atoms with van der Waals surface area (Å²) in [5.74, 6) is 1.75. The van der Waals surface area contributed by atoms with Crippen LogP contribution in [0.5, 0.6) is 5.75 Å². The predicted octanol–water partition coefficient (Wildman–Crippen LogP) is 3.59. The van der Waals surface area contributed by atoms with E-state index in [4.69, 9.17) is 4.74 Å². The van der Waals surface area contributed by atoms with Crippen LogP contribution in [-0.4, -0.2) is 37.1 Å². The topological polar surface area (TPSA) is 70.6 Å². The van der Waals surface area contributed by atoms with Gasteiger partial charge in [-0.1, -0.05) is 12.1 Å². The van der Waals surface area contributed by atoms with Crippen LogP contribution in [0.2, 0.25) is 0 Å². The van der Waals surface area contributed by atoms with Crippen molar-refractivity contribution in [1.82, 2.24) is 9.97 Å². The average Bonchev–Trinajstić information content (AvgIpc) is 2.79. The number of anilines is 5. The highest BCUT2D eigenvalue weighted by molar-refractivity contribution is 6.13. The average molecular weight is 361 g/mol. The van der Waals surface area contributed by atoms with Crippen LogP contribution in [0.15, 0.2) is 54.9 Å². The zero-order valence-corrected chi connectivity index (χ0v) is 15.3. The van der Waals surface area contributed by atoms with E-state index in [-0.39, 0.29) is 5.91 Å². The molecule has 1 N–H and O–H groups in total. The molecule has 27 heavy (non-hydrogen) atoms. The van der Waals surface area contributed by atoms with Crippen molar-refractivity contribution in [2.24, 2.45) is 0 Å². The number of amides is 1. The van der Waals surface area contributed by atoms with Gasteiger partial charge in [0.05, 0.1) is 35.9 Å². The molecule has 1 aromatic carbocycles. The van der Waals surface area contributed by atoms with Crippen LogP contribution in [0.25, 0.3) is 0 Å². The van der Waals surface area contributed by atoms with Gasteiger partial charge in [0.1, 0.15) is 5.82 Å². The summed E-state index contributed by atoms with van der Waals surface area (Å²) >= 11 is 0. The predicted molar refractivity (Wildman–Crippen MR) is 106 cm³/mol. The van der Waals surface area contributed by atoms with Gasteiger partial charge in [0.25, 0.3) is 5.91 Å². The van der Waals surface area contributed by atoms with E-state index in [1.807, 2.05) is 48.3 Å². The number of methoxy groups -OCH3 is 1. The van der Waals surface area contributed by atoms with E-state index in [0.717, 1.165) is 17.1 Å². The molecule has 1 aliphatic rings. The molecule has 7 heteroatoms. The molecule has 0 bridgehead atoms. The maximum Gasteiger partial charge on any atom is 0.260 e. The standard InChI is InChI=1S/C20H19N5O2/c1-24-14-8-5-4-7-13(14)20(26)25(2)16-12-22-18(11-15(16)24)23-19-17(27-3)9-6-10-21-19/h4-12H,1-3H3,(H,21,22,23). The summed E-state index contributed by atoms with van der Waals surface area (Å²) < 4.78 is 5.33. The van der Waals surface area contributed by atoms with Crippen molar-refractivity contribution in [2.45, 2.75) is 0 Å². The molecule has 3 heterocycles. The van der Waals surface area contributed by atoms with E-state index in [1.54, 1.807) is 37.5 Å². The fourth-order valence-electron chi connectivity index (χ4n) is 3.17. The van der Waals surface area contributed by atoms with Gasteiger partial charge in [-0.3, -0.25) is 4.79 Å². The zero-order chi connectivity index (χ0) is 19.0. The third-order valence-corrected chi connectivity index (χ3v) is 4.62. The summed E-state index contributed by atoms with van der Waals surface area (Å²) in [6.45, 7) is 0. The molecule has 2 aromatic heterocycles. The van der Waals surface area contributed by atoms with E-state index in [9.17, 15) is 4.79 Å². The molecule has 0 atom stereocenters. The van der Waals surface area contributed by atoms with Gasteiger partial charge in [-0.2, -0.15) is 0 Å². The van der Waals surface area contributed by atoms with Crippen molar-refractivity contribution in [1.29, 1.82) is 0 Å². The van der Waals surface area contributed by atoms with Crippen LogP contribution in [0.4, 0.5) is 28.7 Å². The first-order valence-corrected chi connectivity index (χ1v) is 8.47. The fraction of sp³-hybridized carbons (Fsp3) is 0.150. The maximum atomic E-state index is 12.8. The van der Waals surface area contributed by atoms with Gasteiger partial charge in [-0.25, -0.2) is 9.97 Å². The Morgan fingerprint density at radius 3 is 2.59 bits per heavy atom. The lowest BCUT2D eigenvalue weighted by Crippen LogP contribution is -2.25. The molecule has 4 rings (SSSR count). The van der Waals surface area contributed by atoms with E-state index in [1.165, 1.54) is 0 Å². The highest BCUT2D eigenvalue weighted by Gasteiger charge is 2.27. The third-order valence-electron chi connectivity index (χ3n) is 4.62. The highest BCUT2D eigenvalue weighted by atomic mass is 16.5. The Bertz CT molecular complexity index is 1020. The summed E-state index contributed by atoms with van der Waals surface area (Å²) in [5.41, 5.74) is 3.10. The van der Waals surface area contributed by atoms with Crippen molar-refractivity contribution in [3.8, 4) is 5.75 Å². The van der Waals surface area contributed by atoms with Gasteiger partial charge in [0.2, 0.25) is 0 Å². The molecule has 0 aliphatic carbocycles. The Kier molecular flexibility index (Phi) is 4.12. The minimum atomic E-state index is -0.0647. The largest absolute Gasteiger partial charge is 0.493 e. The summed E-state index contributed by atoms with van der Waals surface area (Å²) in [7, 11) is 5.29. The van der Waals surface area contributed by atoms with Crippen molar-refractivity contribution in [3.63, 3.8) is 0 Å². The fourth-order valence-corrected chi connectivity index (χ4v) is 3.17. The number of carbonyl (C=O) groups excluding carboxylic acids is 1. The first-order chi connectivity index (χ1) is 13.1. The van der Waals surface area contributed by atoms with Crippen LogP contribution in [-0.2, 0) is 0 Å². The van der Waals surface area contributed by atoms with Crippen molar-refractivity contribution in [3.05, 3.63) is 60.4 Å². The number of hydrogen-bond acceptors (Lipinski definition) is 6. The monoisotopic (exact) mass is 361 g/mol. The normalized spacial score (nSPS) is 12.9. The van der Waals surface area contributed by atoms with Crippen LogP contribution >= 0.6 is 0 Å². The van der Waals surface area contributed by atoms with Crippen molar-refractivity contribution >= 4 is 34.6 Å². The second kappa shape index (κ2) is 6.60. The Labute approximate surface area is 157 Å². The second-order valence-corrected chi connectivity index (χ2v) is 6.18. The number of carbonyl (C=O) groups is 1. The molecule has 0 spiro atoms. The minimum absolute atomic E-state index is 0.0647. The lowest BCUT2D eigenvalue weighted by molar-refractivity contribution is 0.0994. The van der Waals surface area contributed by atoms with Crippen LogP contribution < -0.4 is 19.9 Å². The summed E-state index contributed by atoms with van der Waals surface area (Å²) in [6, 6.07) is 13.1. The van der Waals surface area contributed by atoms with Gasteiger partial charge in [-0.15, -0.1) is 0 Å². The van der Waals surface area contributed by atoms with Gasteiger partial charge in [0, 0.05) is 26.4 Å². The smallest absolute Gasteiger partial charge is 0.260 e. The summed E-state index contributed by atoms with van der Waals surface area (Å²) in [4.78, 5) is 25.2. The number of ether oxygens (including phenoxy) is 1. The molecule has 3 aromatic rings. The maximum absolute atomic E-state index is 12.8. The quantitative estimate of drug-likeness (QED) is 0.769. The van der Waals surface area contributed by atoms with Crippen LogP contribution in [0, 0.1) is 0 Å². The molecule has 0 fully saturated rings. The van der Waals surface area contributed by atoms with Crippen LogP contribution in [0.3, 0.4) is 0 Å². The molecule has 0 unspecified atom stereocenters. The van der Waals surface area contributed by atoms with Gasteiger partial charge in [0.15, 0.2) is 11.6 Å². The van der Waals surface area contributed by atoms with Gasteiger partial charge in [-0.05, 0) is 24.3 Å². The Morgan fingerprint density at radius 2 is 1.78 bits per heavy atom. The van der Waals surface area contributed by atoms with E-state index in [2.05, 4.69) is 15.3 Å². The first-order valence-electron chi connectivity index (χ1n) is 8.47. The number of pyridine rings is 2. The second-order valence-electron chi connectivity index (χ2n) is 6.18. The number of aromatic nitrogens is 2. The number of rotatable bonds is 3. The SMILES string of the molecule is COc1cccnc1Nc1cc2c(cn1)N(C)C(=O)c1ccccc1N2C. The number of nitrogens with zero attached hydrogens (tertiary/aromatic N) is 4. The molecule has 0 radical (unpaired) electrons. The first kappa shape index (κ1) is 16.8. The van der Waals surface area contributed by atoms with E-state index in [0.29, 0.717) is 22.9 Å². The lowest BCUT2D eigenvalue weighted by atomic mass is 10.1. The summed E-state index contributed by atoms with van der Waals surface area (Å²) in [6.07, 6.45) is 3.37. The molecule has 0 saturated heterocycles. The Balaban J connectivity index is 1.79. The molecule has 1 aliphatic heterocycles. The number of hydrogen-bond donors (Lipinski definition) is 1.